The molecule has 0 fully saturated rings. The number of hydrogen-bond acceptors (Lipinski definition) is 2. The van der Waals surface area contributed by atoms with Crippen LogP contribution in [0.4, 0.5) is 0 Å². The van der Waals surface area contributed by atoms with Crippen molar-refractivity contribution < 1.29 is 9.59 Å². The van der Waals surface area contributed by atoms with E-state index in [0.717, 1.165) is 38.0 Å². The number of allylic oxidation sites excluding steroid dienone is 2. The molecule has 0 rings (SSSR count). The molecule has 1 N–H and O–H groups in total. The van der Waals surface area contributed by atoms with Gasteiger partial charge in [0.15, 0.2) is 0 Å². The van der Waals surface area contributed by atoms with Crippen LogP contribution >= 0.6 is 0 Å². The van der Waals surface area contributed by atoms with E-state index in [0.29, 0.717) is 12.3 Å². The fourth-order valence-corrected chi connectivity index (χ4v) is 1.88. The van der Waals surface area contributed by atoms with Crippen molar-refractivity contribution in [2.24, 2.45) is 5.92 Å². The van der Waals surface area contributed by atoms with Gasteiger partial charge in [-0.05, 0) is 32.6 Å². The zero-order chi connectivity index (χ0) is 15.5. The van der Waals surface area contributed by atoms with Crippen molar-refractivity contribution in [2.45, 2.75) is 60.3 Å². The van der Waals surface area contributed by atoms with Crippen LogP contribution in [0.5, 0.6) is 0 Å². The molecule has 4 heteroatoms. The van der Waals surface area contributed by atoms with Crippen molar-refractivity contribution in [2.75, 3.05) is 13.1 Å². The lowest BCUT2D eigenvalue weighted by molar-refractivity contribution is -0.127. The maximum Gasteiger partial charge on any atom is 0.223 e. The molecular weight excluding hydrogens is 252 g/mol. The number of hydrogen-bond donors (Lipinski definition) is 1. The molecule has 116 valence electrons. The first kappa shape index (κ1) is 18.7. The summed E-state index contributed by atoms with van der Waals surface area (Å²) >= 11 is 0. The van der Waals surface area contributed by atoms with Gasteiger partial charge < -0.3 is 10.2 Å². The number of nitrogens with one attached hydrogen (secondary N) is 1. The standard InChI is InChI=1S/C16H30N2O2/c1-6-14(4)18(15(5)19)11-9-7-8-10-16(20)17-12-13(2)3/h6,13H,7-12H2,1-5H3,(H,17,20). The summed E-state index contributed by atoms with van der Waals surface area (Å²) in [6.45, 7) is 11.1. The van der Waals surface area contributed by atoms with E-state index in [1.165, 1.54) is 0 Å². The van der Waals surface area contributed by atoms with Crippen molar-refractivity contribution in [1.29, 1.82) is 0 Å². The normalized spacial score (nSPS) is 11.6. The summed E-state index contributed by atoms with van der Waals surface area (Å²) in [5.74, 6) is 0.703. The second-order valence-corrected chi connectivity index (χ2v) is 5.61. The number of amides is 2. The number of rotatable bonds is 9. The molecule has 0 saturated carbocycles. The van der Waals surface area contributed by atoms with Crippen LogP contribution in [-0.4, -0.2) is 29.8 Å². The molecule has 0 aromatic heterocycles. The van der Waals surface area contributed by atoms with E-state index in [1.54, 1.807) is 11.8 Å². The molecule has 2 amide bonds. The van der Waals surface area contributed by atoms with Gasteiger partial charge in [0.1, 0.15) is 0 Å². The van der Waals surface area contributed by atoms with Crippen molar-refractivity contribution in [1.82, 2.24) is 10.2 Å². The molecule has 0 aromatic carbocycles. The summed E-state index contributed by atoms with van der Waals surface area (Å²) in [6.07, 6.45) is 5.30. The van der Waals surface area contributed by atoms with E-state index in [-0.39, 0.29) is 11.8 Å². The van der Waals surface area contributed by atoms with Crippen LogP contribution in [0.2, 0.25) is 0 Å². The minimum atomic E-state index is 0.0790. The third-order valence-corrected chi connectivity index (χ3v) is 3.22. The smallest absolute Gasteiger partial charge is 0.223 e. The topological polar surface area (TPSA) is 49.4 Å². The van der Waals surface area contributed by atoms with Crippen molar-refractivity contribution >= 4 is 11.8 Å². The Kier molecular flexibility index (Phi) is 9.77. The van der Waals surface area contributed by atoms with Crippen LogP contribution in [-0.2, 0) is 9.59 Å². The largest absolute Gasteiger partial charge is 0.356 e. The SMILES string of the molecule is CC=C(C)N(CCCCCC(=O)NCC(C)C)C(C)=O. The molecule has 0 heterocycles. The average Bonchev–Trinajstić information content (AvgIpc) is 2.39. The van der Waals surface area contributed by atoms with Crippen LogP contribution in [0, 0.1) is 5.92 Å². The Bertz CT molecular complexity index is 335. The Balaban J connectivity index is 3.80. The third kappa shape index (κ3) is 8.73. The number of unbranched alkanes of at least 4 members (excludes halogenated alkanes) is 2. The van der Waals surface area contributed by atoms with Gasteiger partial charge in [0.05, 0.1) is 0 Å². The highest BCUT2D eigenvalue weighted by Gasteiger charge is 2.09. The average molecular weight is 282 g/mol. The lowest BCUT2D eigenvalue weighted by Crippen LogP contribution is -2.28. The Labute approximate surface area is 123 Å². The molecule has 0 aliphatic carbocycles. The molecule has 0 aliphatic heterocycles. The molecule has 0 aliphatic rings. The quantitative estimate of drug-likeness (QED) is 0.661. The Morgan fingerprint density at radius 2 is 1.80 bits per heavy atom. The molecule has 0 aromatic rings. The summed E-state index contributed by atoms with van der Waals surface area (Å²) in [5, 5.41) is 2.91. The summed E-state index contributed by atoms with van der Waals surface area (Å²) in [4.78, 5) is 24.8. The van der Waals surface area contributed by atoms with E-state index in [9.17, 15) is 9.59 Å². The lowest BCUT2D eigenvalue weighted by atomic mass is 10.1. The number of nitrogens with zero attached hydrogens (tertiary/aromatic N) is 1. The maximum atomic E-state index is 11.5. The highest BCUT2D eigenvalue weighted by molar-refractivity contribution is 5.76. The first-order valence-electron chi connectivity index (χ1n) is 7.56. The second kappa shape index (κ2) is 10.5. The maximum absolute atomic E-state index is 11.5. The third-order valence-electron chi connectivity index (χ3n) is 3.22. The van der Waals surface area contributed by atoms with E-state index in [2.05, 4.69) is 19.2 Å². The van der Waals surface area contributed by atoms with Gasteiger partial charge in [-0.25, -0.2) is 0 Å². The van der Waals surface area contributed by atoms with Gasteiger partial charge in [0.2, 0.25) is 11.8 Å². The van der Waals surface area contributed by atoms with Crippen LogP contribution in [0.1, 0.15) is 60.3 Å². The van der Waals surface area contributed by atoms with Gasteiger partial charge in [-0.3, -0.25) is 9.59 Å². The van der Waals surface area contributed by atoms with Crippen molar-refractivity contribution in [3.8, 4) is 0 Å². The van der Waals surface area contributed by atoms with Gasteiger partial charge in [-0.2, -0.15) is 0 Å². The summed E-state index contributed by atoms with van der Waals surface area (Å²) in [7, 11) is 0. The van der Waals surface area contributed by atoms with Gasteiger partial charge in [-0.15, -0.1) is 0 Å². The molecule has 0 radical (unpaired) electrons. The number of carbonyl (C=O) groups is 2. The molecule has 4 nitrogen and oxygen atoms in total. The first-order chi connectivity index (χ1) is 9.38. The monoisotopic (exact) mass is 282 g/mol. The Morgan fingerprint density at radius 1 is 1.15 bits per heavy atom. The van der Waals surface area contributed by atoms with E-state index in [4.69, 9.17) is 0 Å². The van der Waals surface area contributed by atoms with E-state index < -0.39 is 0 Å². The van der Waals surface area contributed by atoms with E-state index >= 15 is 0 Å². The number of carbonyl (C=O) groups excluding carboxylic acids is 2. The van der Waals surface area contributed by atoms with E-state index in [1.807, 2.05) is 19.9 Å². The molecule has 0 spiro atoms. The van der Waals surface area contributed by atoms with Gasteiger partial charge in [0, 0.05) is 32.1 Å². The highest BCUT2D eigenvalue weighted by Crippen LogP contribution is 2.08. The minimum absolute atomic E-state index is 0.0790. The van der Waals surface area contributed by atoms with Gasteiger partial charge in [-0.1, -0.05) is 26.3 Å². The van der Waals surface area contributed by atoms with Gasteiger partial charge >= 0.3 is 0 Å². The predicted octanol–water partition coefficient (Wildman–Crippen LogP) is 3.09. The summed E-state index contributed by atoms with van der Waals surface area (Å²) in [6, 6.07) is 0. The van der Waals surface area contributed by atoms with Crippen molar-refractivity contribution in [3.05, 3.63) is 11.8 Å². The Morgan fingerprint density at radius 3 is 2.30 bits per heavy atom. The molecule has 0 saturated heterocycles. The fourth-order valence-electron chi connectivity index (χ4n) is 1.88. The highest BCUT2D eigenvalue weighted by atomic mass is 16.2. The lowest BCUT2D eigenvalue weighted by Gasteiger charge is -2.21. The minimum Gasteiger partial charge on any atom is -0.356 e. The molecule has 0 unspecified atom stereocenters. The van der Waals surface area contributed by atoms with Crippen LogP contribution in [0.15, 0.2) is 11.8 Å². The van der Waals surface area contributed by atoms with Crippen LogP contribution in [0.3, 0.4) is 0 Å². The molecular formula is C16H30N2O2. The summed E-state index contributed by atoms with van der Waals surface area (Å²) in [5.41, 5.74) is 0.993. The molecule has 20 heavy (non-hydrogen) atoms. The van der Waals surface area contributed by atoms with Crippen LogP contribution < -0.4 is 5.32 Å². The zero-order valence-electron chi connectivity index (χ0n) is 13.7. The predicted molar refractivity (Wildman–Crippen MR) is 83.1 cm³/mol. The van der Waals surface area contributed by atoms with Gasteiger partial charge in [0.25, 0.3) is 0 Å². The van der Waals surface area contributed by atoms with Crippen molar-refractivity contribution in [3.63, 3.8) is 0 Å². The molecule has 0 atom stereocenters. The molecule has 0 bridgehead atoms. The fraction of sp³-hybridized carbons (Fsp3) is 0.750. The summed E-state index contributed by atoms with van der Waals surface area (Å²) < 4.78 is 0. The zero-order valence-corrected chi connectivity index (χ0v) is 13.7. The van der Waals surface area contributed by atoms with Crippen LogP contribution in [0.25, 0.3) is 0 Å². The second-order valence-electron chi connectivity index (χ2n) is 5.61. The Hall–Kier alpha value is -1.32. The first-order valence-corrected chi connectivity index (χ1v) is 7.56.